The van der Waals surface area contributed by atoms with Crippen LogP contribution in [0.4, 0.5) is 5.13 Å². The number of carbonyl (C=O) groups is 1. The zero-order chi connectivity index (χ0) is 17.9. The number of para-hydroxylation sites is 1. The summed E-state index contributed by atoms with van der Waals surface area (Å²) >= 11 is 1.75. The monoisotopic (exact) mass is 371 g/mol. The highest BCUT2D eigenvalue weighted by Crippen LogP contribution is 2.39. The van der Waals surface area contributed by atoms with Gasteiger partial charge in [0.25, 0.3) is 0 Å². The summed E-state index contributed by atoms with van der Waals surface area (Å²) in [7, 11) is 0. The van der Waals surface area contributed by atoms with E-state index < -0.39 is 0 Å². The van der Waals surface area contributed by atoms with Gasteiger partial charge in [0.05, 0.1) is 12.3 Å². The number of amides is 1. The largest absolute Gasteiger partial charge is 0.493 e. The minimum atomic E-state index is -0.167. The fourth-order valence-corrected chi connectivity index (χ4v) is 4.97. The Hall–Kier alpha value is -2.08. The SMILES string of the molecule is NC(=O)CC1CCC(CNc2nc3c(s2)CCOc2ccccc2-3)CC1. The number of hydrogen-bond acceptors (Lipinski definition) is 5. The Balaban J connectivity index is 1.37. The number of primary amides is 1. The maximum absolute atomic E-state index is 11.1. The van der Waals surface area contributed by atoms with Gasteiger partial charge in [-0.3, -0.25) is 4.79 Å². The van der Waals surface area contributed by atoms with E-state index in [2.05, 4.69) is 11.4 Å². The van der Waals surface area contributed by atoms with Crippen LogP contribution in [0.3, 0.4) is 0 Å². The molecule has 1 fully saturated rings. The molecule has 0 unspecified atom stereocenters. The van der Waals surface area contributed by atoms with Gasteiger partial charge in [-0.05, 0) is 49.7 Å². The van der Waals surface area contributed by atoms with Crippen LogP contribution in [0, 0.1) is 11.8 Å². The predicted molar refractivity (Wildman–Crippen MR) is 104 cm³/mol. The first kappa shape index (κ1) is 17.3. The summed E-state index contributed by atoms with van der Waals surface area (Å²) in [5.74, 6) is 1.89. The van der Waals surface area contributed by atoms with Crippen LogP contribution in [-0.4, -0.2) is 24.0 Å². The molecular weight excluding hydrogens is 346 g/mol. The van der Waals surface area contributed by atoms with Crippen molar-refractivity contribution in [3.8, 4) is 17.0 Å². The molecule has 0 atom stereocenters. The average molecular weight is 372 g/mol. The molecule has 2 aliphatic rings. The van der Waals surface area contributed by atoms with Gasteiger partial charge in [-0.2, -0.15) is 0 Å². The molecule has 26 heavy (non-hydrogen) atoms. The number of nitrogens with one attached hydrogen (secondary N) is 1. The van der Waals surface area contributed by atoms with Gasteiger partial charge < -0.3 is 15.8 Å². The Labute approximate surface area is 158 Å². The molecule has 1 saturated carbocycles. The van der Waals surface area contributed by atoms with Crippen LogP contribution in [0.5, 0.6) is 5.75 Å². The van der Waals surface area contributed by atoms with E-state index in [1.165, 1.54) is 4.88 Å². The number of hydrogen-bond donors (Lipinski definition) is 2. The van der Waals surface area contributed by atoms with Gasteiger partial charge in [-0.1, -0.05) is 12.1 Å². The first-order chi connectivity index (χ1) is 12.7. The Morgan fingerprint density at radius 1 is 1.23 bits per heavy atom. The van der Waals surface area contributed by atoms with Crippen molar-refractivity contribution in [1.29, 1.82) is 0 Å². The molecule has 1 aliphatic heterocycles. The number of fused-ring (bicyclic) bond motifs is 3. The fraction of sp³-hybridized carbons (Fsp3) is 0.500. The summed E-state index contributed by atoms with van der Waals surface area (Å²) < 4.78 is 5.84. The first-order valence-electron chi connectivity index (χ1n) is 9.43. The molecule has 1 aliphatic carbocycles. The Bertz CT molecular complexity index is 781. The number of rotatable bonds is 5. The third-order valence-electron chi connectivity index (χ3n) is 5.42. The van der Waals surface area contributed by atoms with Crippen molar-refractivity contribution in [3.63, 3.8) is 0 Å². The van der Waals surface area contributed by atoms with E-state index in [4.69, 9.17) is 15.5 Å². The molecule has 2 heterocycles. The van der Waals surface area contributed by atoms with Crippen molar-refractivity contribution in [1.82, 2.24) is 4.98 Å². The van der Waals surface area contributed by atoms with Crippen molar-refractivity contribution >= 4 is 22.4 Å². The normalized spacial score (nSPS) is 21.8. The number of carbonyl (C=O) groups excluding carboxylic acids is 1. The van der Waals surface area contributed by atoms with Crippen molar-refractivity contribution in [2.24, 2.45) is 17.6 Å². The first-order valence-corrected chi connectivity index (χ1v) is 10.2. The van der Waals surface area contributed by atoms with E-state index >= 15 is 0 Å². The second kappa shape index (κ2) is 7.66. The lowest BCUT2D eigenvalue weighted by molar-refractivity contribution is -0.119. The van der Waals surface area contributed by atoms with Gasteiger partial charge in [-0.25, -0.2) is 4.98 Å². The maximum atomic E-state index is 11.1. The minimum Gasteiger partial charge on any atom is -0.493 e. The summed E-state index contributed by atoms with van der Waals surface area (Å²) in [5, 5.41) is 4.56. The van der Waals surface area contributed by atoms with E-state index in [1.54, 1.807) is 11.3 Å². The number of aromatic nitrogens is 1. The van der Waals surface area contributed by atoms with Crippen LogP contribution in [-0.2, 0) is 11.2 Å². The maximum Gasteiger partial charge on any atom is 0.217 e. The van der Waals surface area contributed by atoms with Crippen molar-refractivity contribution < 1.29 is 9.53 Å². The average Bonchev–Trinajstić information content (AvgIpc) is 2.96. The van der Waals surface area contributed by atoms with Crippen LogP contribution in [0.1, 0.15) is 37.0 Å². The van der Waals surface area contributed by atoms with E-state index in [9.17, 15) is 4.79 Å². The molecule has 1 aromatic heterocycles. The Morgan fingerprint density at radius 2 is 2.00 bits per heavy atom. The number of nitrogens with two attached hydrogens (primary N) is 1. The topological polar surface area (TPSA) is 77.2 Å². The van der Waals surface area contributed by atoms with E-state index in [1.807, 2.05) is 18.2 Å². The molecule has 1 amide bonds. The van der Waals surface area contributed by atoms with Crippen molar-refractivity contribution in [2.75, 3.05) is 18.5 Å². The van der Waals surface area contributed by atoms with Crippen LogP contribution in [0.2, 0.25) is 0 Å². The number of benzene rings is 1. The van der Waals surface area contributed by atoms with Crippen molar-refractivity contribution in [3.05, 3.63) is 29.1 Å². The molecule has 5 nitrogen and oxygen atoms in total. The molecule has 4 rings (SSSR count). The van der Waals surface area contributed by atoms with E-state index in [-0.39, 0.29) is 5.91 Å². The second-order valence-corrected chi connectivity index (χ2v) is 8.41. The smallest absolute Gasteiger partial charge is 0.217 e. The van der Waals surface area contributed by atoms with Gasteiger partial charge in [0.1, 0.15) is 5.75 Å². The number of nitrogens with zero attached hydrogens (tertiary/aromatic N) is 1. The van der Waals surface area contributed by atoms with E-state index in [0.717, 1.165) is 60.8 Å². The third-order valence-corrected chi connectivity index (χ3v) is 6.50. The third kappa shape index (κ3) is 3.85. The summed E-state index contributed by atoms with van der Waals surface area (Å²) in [6.07, 6.45) is 5.98. The predicted octanol–water partition coefficient (Wildman–Crippen LogP) is 3.84. The zero-order valence-electron chi connectivity index (χ0n) is 14.9. The second-order valence-electron chi connectivity index (χ2n) is 7.32. The molecule has 0 saturated heterocycles. The zero-order valence-corrected chi connectivity index (χ0v) is 15.7. The lowest BCUT2D eigenvalue weighted by Crippen LogP contribution is -2.24. The lowest BCUT2D eigenvalue weighted by Gasteiger charge is -2.27. The fourth-order valence-electron chi connectivity index (χ4n) is 4.00. The number of ether oxygens (including phenoxy) is 1. The van der Waals surface area contributed by atoms with Gasteiger partial charge >= 0.3 is 0 Å². The molecule has 1 aromatic carbocycles. The molecule has 0 radical (unpaired) electrons. The van der Waals surface area contributed by atoms with Crippen LogP contribution < -0.4 is 15.8 Å². The highest BCUT2D eigenvalue weighted by Gasteiger charge is 2.23. The highest BCUT2D eigenvalue weighted by atomic mass is 32.1. The molecule has 3 N–H and O–H groups in total. The van der Waals surface area contributed by atoms with Gasteiger partial charge in [0.15, 0.2) is 5.13 Å². The quantitative estimate of drug-likeness (QED) is 0.837. The highest BCUT2D eigenvalue weighted by molar-refractivity contribution is 7.16. The molecule has 0 spiro atoms. The van der Waals surface area contributed by atoms with Gasteiger partial charge in [0.2, 0.25) is 5.91 Å². The molecule has 0 bridgehead atoms. The van der Waals surface area contributed by atoms with E-state index in [0.29, 0.717) is 24.9 Å². The summed E-state index contributed by atoms with van der Waals surface area (Å²) in [6.45, 7) is 1.66. The number of anilines is 1. The molecule has 6 heteroatoms. The van der Waals surface area contributed by atoms with Crippen molar-refractivity contribution in [2.45, 2.75) is 38.5 Å². The summed E-state index contributed by atoms with van der Waals surface area (Å²) in [6, 6.07) is 8.14. The summed E-state index contributed by atoms with van der Waals surface area (Å²) in [4.78, 5) is 17.2. The minimum absolute atomic E-state index is 0.167. The van der Waals surface area contributed by atoms with Gasteiger partial charge in [-0.15, -0.1) is 11.3 Å². The lowest BCUT2D eigenvalue weighted by atomic mass is 9.80. The Kier molecular flexibility index (Phi) is 5.11. The Morgan fingerprint density at radius 3 is 2.81 bits per heavy atom. The molecule has 138 valence electrons. The number of thiazole rings is 1. The molecule has 2 aromatic rings. The van der Waals surface area contributed by atoms with Crippen LogP contribution >= 0.6 is 11.3 Å². The summed E-state index contributed by atoms with van der Waals surface area (Å²) in [5.41, 5.74) is 7.48. The van der Waals surface area contributed by atoms with Gasteiger partial charge in [0, 0.05) is 29.8 Å². The van der Waals surface area contributed by atoms with Crippen LogP contribution in [0.15, 0.2) is 24.3 Å². The van der Waals surface area contributed by atoms with Crippen LogP contribution in [0.25, 0.3) is 11.3 Å². The molecular formula is C20H25N3O2S. The standard InChI is InChI=1S/C20H25N3O2S/c21-18(24)11-13-5-7-14(8-6-13)12-22-20-23-19-15-3-1-2-4-16(15)25-10-9-17(19)26-20/h1-4,13-14H,5-12H2,(H2,21,24)(H,22,23).